The third-order valence-corrected chi connectivity index (χ3v) is 6.84. The lowest BCUT2D eigenvalue weighted by Gasteiger charge is -2.10. The normalized spacial score (nSPS) is 11.5. The number of rotatable bonds is 5. The number of anilines is 2. The molecule has 5 aromatic rings. The number of aromatic nitrogens is 5. The Kier molecular flexibility index (Phi) is 4.87. The van der Waals surface area contributed by atoms with Crippen LogP contribution in [0.5, 0.6) is 0 Å². The number of benzene rings is 2. The molecule has 9 heteroatoms. The van der Waals surface area contributed by atoms with Crippen LogP contribution in [0.2, 0.25) is 0 Å². The zero-order valence-corrected chi connectivity index (χ0v) is 17.9. The van der Waals surface area contributed by atoms with Crippen molar-refractivity contribution in [2.45, 2.75) is 9.79 Å². The van der Waals surface area contributed by atoms with Crippen molar-refractivity contribution in [2.24, 2.45) is 7.05 Å². The summed E-state index contributed by atoms with van der Waals surface area (Å²) in [7, 11) is -1.67. The minimum atomic E-state index is -3.57. The molecule has 0 atom stereocenters. The fourth-order valence-electron chi connectivity index (χ4n) is 3.38. The largest absolute Gasteiger partial charge is 0.340 e. The second kappa shape index (κ2) is 7.86. The summed E-state index contributed by atoms with van der Waals surface area (Å²) in [5.41, 5.74) is 2.09. The summed E-state index contributed by atoms with van der Waals surface area (Å²) in [5, 5.41) is 4.03. The molecule has 8 nitrogen and oxygen atoms in total. The summed E-state index contributed by atoms with van der Waals surface area (Å²) in [6.07, 6.45) is 6.71. The number of sulfone groups is 1. The van der Waals surface area contributed by atoms with Crippen molar-refractivity contribution in [1.29, 1.82) is 0 Å². The van der Waals surface area contributed by atoms with Crippen LogP contribution in [0.15, 0.2) is 95.4 Å². The minimum Gasteiger partial charge on any atom is -0.340 e. The Morgan fingerprint density at radius 2 is 1.62 bits per heavy atom. The van der Waals surface area contributed by atoms with Crippen LogP contribution in [-0.2, 0) is 16.9 Å². The molecule has 0 fully saturated rings. The molecule has 0 aliphatic rings. The van der Waals surface area contributed by atoms with E-state index in [2.05, 4.69) is 25.3 Å². The average molecular weight is 443 g/mol. The summed E-state index contributed by atoms with van der Waals surface area (Å²) in [6, 6.07) is 16.8. The van der Waals surface area contributed by atoms with Crippen molar-refractivity contribution < 1.29 is 8.42 Å². The van der Waals surface area contributed by atoms with Gasteiger partial charge in [-0.1, -0.05) is 18.2 Å². The molecule has 158 valence electrons. The zero-order valence-electron chi connectivity index (χ0n) is 17.0. The molecule has 0 saturated carbocycles. The second-order valence-electron chi connectivity index (χ2n) is 7.14. The quantitative estimate of drug-likeness (QED) is 0.439. The highest BCUT2D eigenvalue weighted by Crippen LogP contribution is 2.27. The predicted octanol–water partition coefficient (Wildman–Crippen LogP) is 4.00. The number of imidazole rings is 1. The smallest absolute Gasteiger partial charge is 0.206 e. The van der Waals surface area contributed by atoms with Crippen LogP contribution >= 0.6 is 0 Å². The van der Waals surface area contributed by atoms with E-state index in [-0.39, 0.29) is 9.79 Å². The first kappa shape index (κ1) is 19.8. The second-order valence-corrected chi connectivity index (χ2v) is 9.09. The van der Waals surface area contributed by atoms with Gasteiger partial charge in [-0.05, 0) is 42.5 Å². The van der Waals surface area contributed by atoms with Crippen LogP contribution in [-0.4, -0.2) is 32.9 Å². The Hall–Kier alpha value is -4.11. The summed E-state index contributed by atoms with van der Waals surface area (Å²) in [4.78, 5) is 17.9. The number of nitrogens with one attached hydrogen (secondary N) is 1. The van der Waals surface area contributed by atoms with Gasteiger partial charge in [-0.3, -0.25) is 4.98 Å². The molecular formula is C23H18N6O2S. The fourth-order valence-corrected chi connectivity index (χ4v) is 4.67. The Morgan fingerprint density at radius 1 is 0.875 bits per heavy atom. The fraction of sp³-hybridized carbons (Fsp3) is 0.0435. The highest BCUT2D eigenvalue weighted by molar-refractivity contribution is 7.91. The molecule has 0 aliphatic carbocycles. The van der Waals surface area contributed by atoms with Gasteiger partial charge in [0.2, 0.25) is 9.84 Å². The van der Waals surface area contributed by atoms with Gasteiger partial charge in [-0.15, -0.1) is 0 Å². The van der Waals surface area contributed by atoms with E-state index < -0.39 is 9.84 Å². The molecule has 2 aromatic carbocycles. The Bertz CT molecular complexity index is 1510. The Labute approximate surface area is 184 Å². The lowest BCUT2D eigenvalue weighted by Crippen LogP contribution is -2.02. The van der Waals surface area contributed by atoms with E-state index in [0.717, 1.165) is 11.2 Å². The molecule has 0 spiro atoms. The molecule has 3 heterocycles. The van der Waals surface area contributed by atoms with Gasteiger partial charge in [0.15, 0.2) is 5.82 Å². The number of pyridine rings is 1. The molecule has 1 N–H and O–H groups in total. The van der Waals surface area contributed by atoms with Gasteiger partial charge in [0.1, 0.15) is 17.8 Å². The standard InChI is InChI=1S/C23H18N6O2S/c1-29-12-11-24-23(29)20-13-19-21(14-25-20)26-15-27-22(19)28-16-7-9-18(10-8-16)32(30,31)17-5-3-2-4-6-17/h2-15H,1H3,(H,26,27,28). The third kappa shape index (κ3) is 3.58. The van der Waals surface area contributed by atoms with Gasteiger partial charge in [-0.2, -0.15) is 0 Å². The molecule has 3 aromatic heterocycles. The summed E-state index contributed by atoms with van der Waals surface area (Å²) in [5.74, 6) is 1.32. The number of hydrogen-bond acceptors (Lipinski definition) is 7. The van der Waals surface area contributed by atoms with Gasteiger partial charge in [-0.25, -0.2) is 23.4 Å². The van der Waals surface area contributed by atoms with Gasteiger partial charge >= 0.3 is 0 Å². The van der Waals surface area contributed by atoms with Crippen LogP contribution in [0.4, 0.5) is 11.5 Å². The molecule has 0 saturated heterocycles. The molecule has 5 rings (SSSR count). The first-order valence-electron chi connectivity index (χ1n) is 9.78. The van der Waals surface area contributed by atoms with Crippen molar-refractivity contribution in [3.05, 3.63) is 85.6 Å². The van der Waals surface area contributed by atoms with Crippen molar-refractivity contribution in [3.63, 3.8) is 0 Å². The van der Waals surface area contributed by atoms with E-state index in [1.54, 1.807) is 67.0 Å². The predicted molar refractivity (Wildman–Crippen MR) is 121 cm³/mol. The SMILES string of the molecule is Cn1ccnc1-c1cc2c(Nc3ccc(S(=O)(=O)c4ccccc4)cc3)ncnc2cn1. The lowest BCUT2D eigenvalue weighted by atomic mass is 10.2. The van der Waals surface area contributed by atoms with E-state index in [4.69, 9.17) is 0 Å². The zero-order chi connectivity index (χ0) is 22.1. The first-order chi connectivity index (χ1) is 15.5. The van der Waals surface area contributed by atoms with Gasteiger partial charge in [0, 0.05) is 30.5 Å². The van der Waals surface area contributed by atoms with Crippen LogP contribution in [0.25, 0.3) is 22.4 Å². The van der Waals surface area contributed by atoms with Crippen LogP contribution in [0, 0.1) is 0 Å². The van der Waals surface area contributed by atoms with E-state index in [9.17, 15) is 8.42 Å². The number of nitrogens with zero attached hydrogens (tertiary/aromatic N) is 5. The maximum Gasteiger partial charge on any atom is 0.206 e. The average Bonchev–Trinajstić information content (AvgIpc) is 3.26. The van der Waals surface area contributed by atoms with Crippen molar-refractivity contribution >= 4 is 32.2 Å². The summed E-state index contributed by atoms with van der Waals surface area (Å²) in [6.45, 7) is 0. The number of fused-ring (bicyclic) bond motifs is 1. The summed E-state index contributed by atoms with van der Waals surface area (Å²) < 4.78 is 27.5. The van der Waals surface area contributed by atoms with Gasteiger partial charge < -0.3 is 9.88 Å². The molecule has 0 radical (unpaired) electrons. The van der Waals surface area contributed by atoms with E-state index in [1.807, 2.05) is 23.9 Å². The van der Waals surface area contributed by atoms with E-state index in [1.165, 1.54) is 6.33 Å². The maximum absolute atomic E-state index is 12.8. The highest BCUT2D eigenvalue weighted by Gasteiger charge is 2.17. The van der Waals surface area contributed by atoms with Crippen molar-refractivity contribution in [3.8, 4) is 11.5 Å². The van der Waals surface area contributed by atoms with Gasteiger partial charge in [0.25, 0.3) is 0 Å². The molecule has 0 unspecified atom stereocenters. The molecule has 32 heavy (non-hydrogen) atoms. The minimum absolute atomic E-state index is 0.225. The molecule has 0 amide bonds. The van der Waals surface area contributed by atoms with E-state index >= 15 is 0 Å². The monoisotopic (exact) mass is 442 g/mol. The molecule has 0 bridgehead atoms. The highest BCUT2D eigenvalue weighted by atomic mass is 32.2. The van der Waals surface area contributed by atoms with E-state index in [0.29, 0.717) is 22.7 Å². The first-order valence-corrected chi connectivity index (χ1v) is 11.3. The molecule has 0 aliphatic heterocycles. The Balaban J connectivity index is 1.48. The summed E-state index contributed by atoms with van der Waals surface area (Å²) >= 11 is 0. The number of aryl methyl sites for hydroxylation is 1. The number of hydrogen-bond donors (Lipinski definition) is 1. The lowest BCUT2D eigenvalue weighted by molar-refractivity contribution is 0.596. The van der Waals surface area contributed by atoms with Crippen molar-refractivity contribution in [2.75, 3.05) is 5.32 Å². The van der Waals surface area contributed by atoms with Crippen LogP contribution in [0.1, 0.15) is 0 Å². The van der Waals surface area contributed by atoms with Crippen molar-refractivity contribution in [1.82, 2.24) is 24.5 Å². The van der Waals surface area contributed by atoms with Gasteiger partial charge in [0.05, 0.1) is 21.5 Å². The van der Waals surface area contributed by atoms with Crippen LogP contribution < -0.4 is 5.32 Å². The molecular weight excluding hydrogens is 424 g/mol. The maximum atomic E-state index is 12.8. The van der Waals surface area contributed by atoms with Crippen LogP contribution in [0.3, 0.4) is 0 Å². The topological polar surface area (TPSA) is 103 Å². The Morgan fingerprint density at radius 3 is 2.34 bits per heavy atom. The third-order valence-electron chi connectivity index (χ3n) is 5.05.